The molecule has 1 aromatic rings. The molecular weight excluding hydrogens is 202 g/mol. The number of nitrogens with zero attached hydrogens (tertiary/aromatic N) is 1. The van der Waals surface area contributed by atoms with Crippen molar-refractivity contribution in [3.63, 3.8) is 0 Å². The molecule has 0 aliphatic carbocycles. The van der Waals surface area contributed by atoms with Gasteiger partial charge in [0.25, 0.3) is 0 Å². The third-order valence-electron chi connectivity index (χ3n) is 2.11. The van der Waals surface area contributed by atoms with Gasteiger partial charge in [-0.05, 0) is 24.1 Å². The Balaban J connectivity index is 2.99. The average molecular weight is 215 g/mol. The molecule has 0 saturated carbocycles. The predicted molar refractivity (Wildman–Crippen MR) is 61.9 cm³/mol. The van der Waals surface area contributed by atoms with E-state index in [0.717, 1.165) is 11.8 Å². The molecule has 0 unspecified atom stereocenters. The fraction of sp³-hybridized carbons (Fsp3) is 0.231. The first-order valence-corrected chi connectivity index (χ1v) is 5.06. The normalized spacial score (nSPS) is 10.6. The third kappa shape index (κ3) is 3.25. The SMILES string of the molecule is CCC(C=O)=Cc1ccccc1OCC#N. The second kappa shape index (κ2) is 6.41. The van der Waals surface area contributed by atoms with E-state index < -0.39 is 0 Å². The lowest BCUT2D eigenvalue weighted by molar-refractivity contribution is -0.104. The van der Waals surface area contributed by atoms with Crippen LogP contribution in [0.25, 0.3) is 6.08 Å². The van der Waals surface area contributed by atoms with Crippen LogP contribution in [-0.2, 0) is 4.79 Å². The summed E-state index contributed by atoms with van der Waals surface area (Å²) in [4.78, 5) is 10.7. The minimum Gasteiger partial charge on any atom is -0.478 e. The molecule has 0 bridgehead atoms. The van der Waals surface area contributed by atoms with Gasteiger partial charge in [0.05, 0.1) is 0 Å². The summed E-state index contributed by atoms with van der Waals surface area (Å²) in [5.41, 5.74) is 1.52. The van der Waals surface area contributed by atoms with Gasteiger partial charge in [0.2, 0.25) is 0 Å². The highest BCUT2D eigenvalue weighted by Gasteiger charge is 2.01. The Hall–Kier alpha value is -2.08. The maximum absolute atomic E-state index is 10.7. The second-order valence-electron chi connectivity index (χ2n) is 3.18. The van der Waals surface area contributed by atoms with Crippen LogP contribution in [0.15, 0.2) is 29.8 Å². The van der Waals surface area contributed by atoms with Crippen molar-refractivity contribution in [2.75, 3.05) is 6.61 Å². The summed E-state index contributed by atoms with van der Waals surface area (Å²) < 4.78 is 5.25. The van der Waals surface area contributed by atoms with Crippen molar-refractivity contribution in [1.29, 1.82) is 5.26 Å². The van der Waals surface area contributed by atoms with Gasteiger partial charge in [0.1, 0.15) is 18.1 Å². The number of nitriles is 1. The number of ether oxygens (including phenoxy) is 1. The Labute approximate surface area is 95.0 Å². The van der Waals surface area contributed by atoms with Crippen molar-refractivity contribution >= 4 is 12.4 Å². The zero-order valence-electron chi connectivity index (χ0n) is 9.14. The molecule has 0 aliphatic heterocycles. The molecule has 3 nitrogen and oxygen atoms in total. The molecule has 1 aromatic carbocycles. The molecule has 82 valence electrons. The number of allylic oxidation sites excluding steroid dienone is 1. The molecule has 0 N–H and O–H groups in total. The summed E-state index contributed by atoms with van der Waals surface area (Å²) >= 11 is 0. The van der Waals surface area contributed by atoms with E-state index in [1.54, 1.807) is 12.1 Å². The summed E-state index contributed by atoms with van der Waals surface area (Å²) in [6.07, 6.45) is 3.29. The molecule has 0 aliphatic rings. The van der Waals surface area contributed by atoms with Crippen molar-refractivity contribution in [3.8, 4) is 11.8 Å². The summed E-state index contributed by atoms with van der Waals surface area (Å²) in [6.45, 7) is 1.92. The Morgan fingerprint density at radius 2 is 2.25 bits per heavy atom. The van der Waals surface area contributed by atoms with Crippen LogP contribution in [0.2, 0.25) is 0 Å². The molecule has 0 atom stereocenters. The number of hydrogen-bond donors (Lipinski definition) is 0. The number of hydrogen-bond acceptors (Lipinski definition) is 3. The maximum atomic E-state index is 10.7. The van der Waals surface area contributed by atoms with E-state index in [0.29, 0.717) is 17.7 Å². The van der Waals surface area contributed by atoms with Gasteiger partial charge in [-0.25, -0.2) is 0 Å². The van der Waals surface area contributed by atoms with Crippen LogP contribution in [-0.4, -0.2) is 12.9 Å². The number of aldehydes is 1. The molecule has 0 amide bonds. The maximum Gasteiger partial charge on any atom is 0.174 e. The fourth-order valence-electron chi connectivity index (χ4n) is 1.26. The number of benzene rings is 1. The Kier molecular flexibility index (Phi) is 4.81. The number of carbonyl (C=O) groups is 1. The van der Waals surface area contributed by atoms with E-state index in [2.05, 4.69) is 0 Å². The van der Waals surface area contributed by atoms with Gasteiger partial charge in [-0.3, -0.25) is 4.79 Å². The van der Waals surface area contributed by atoms with Gasteiger partial charge in [-0.15, -0.1) is 0 Å². The Bertz CT molecular complexity index is 430. The van der Waals surface area contributed by atoms with E-state index in [1.807, 2.05) is 31.2 Å². The van der Waals surface area contributed by atoms with Crippen molar-refractivity contribution in [3.05, 3.63) is 35.4 Å². The zero-order chi connectivity index (χ0) is 11.8. The van der Waals surface area contributed by atoms with Crippen molar-refractivity contribution in [1.82, 2.24) is 0 Å². The van der Waals surface area contributed by atoms with Gasteiger partial charge in [0.15, 0.2) is 6.61 Å². The lowest BCUT2D eigenvalue weighted by Crippen LogP contribution is -1.95. The standard InChI is InChI=1S/C13H13NO2/c1-2-11(10-15)9-12-5-3-4-6-13(12)16-8-7-14/h3-6,9-10H,2,8H2,1H3. The second-order valence-corrected chi connectivity index (χ2v) is 3.18. The highest BCUT2D eigenvalue weighted by molar-refractivity contribution is 5.82. The van der Waals surface area contributed by atoms with Crippen LogP contribution in [0.4, 0.5) is 0 Å². The molecule has 1 rings (SSSR count). The smallest absolute Gasteiger partial charge is 0.174 e. The highest BCUT2D eigenvalue weighted by Crippen LogP contribution is 2.21. The quantitative estimate of drug-likeness (QED) is 0.560. The van der Waals surface area contributed by atoms with Gasteiger partial charge in [0, 0.05) is 5.56 Å². The summed E-state index contributed by atoms with van der Waals surface area (Å²) in [7, 11) is 0. The molecule has 0 spiro atoms. The predicted octanol–water partition coefficient (Wildman–Crippen LogP) is 2.58. The fourth-order valence-corrected chi connectivity index (χ4v) is 1.26. The van der Waals surface area contributed by atoms with E-state index in [-0.39, 0.29) is 6.61 Å². The van der Waals surface area contributed by atoms with Crippen LogP contribution < -0.4 is 4.74 Å². The highest BCUT2D eigenvalue weighted by atomic mass is 16.5. The largest absolute Gasteiger partial charge is 0.478 e. The van der Waals surface area contributed by atoms with E-state index >= 15 is 0 Å². The van der Waals surface area contributed by atoms with Crippen LogP contribution in [0.5, 0.6) is 5.75 Å². The number of carbonyl (C=O) groups excluding carboxylic acids is 1. The van der Waals surface area contributed by atoms with Gasteiger partial charge < -0.3 is 4.74 Å². The number of para-hydroxylation sites is 1. The lowest BCUT2D eigenvalue weighted by atomic mass is 10.1. The average Bonchev–Trinajstić information content (AvgIpc) is 2.34. The lowest BCUT2D eigenvalue weighted by Gasteiger charge is -2.05. The topological polar surface area (TPSA) is 50.1 Å². The van der Waals surface area contributed by atoms with Crippen molar-refractivity contribution < 1.29 is 9.53 Å². The molecule has 0 aromatic heterocycles. The molecule has 0 fully saturated rings. The number of rotatable bonds is 5. The summed E-state index contributed by atoms with van der Waals surface area (Å²) in [5, 5.41) is 8.45. The first-order valence-electron chi connectivity index (χ1n) is 5.06. The van der Waals surface area contributed by atoms with E-state index in [9.17, 15) is 4.79 Å². The molecule has 3 heteroatoms. The Morgan fingerprint density at radius 3 is 2.88 bits per heavy atom. The molecule has 0 heterocycles. The summed E-state index contributed by atoms with van der Waals surface area (Å²) in [6, 6.07) is 9.24. The van der Waals surface area contributed by atoms with E-state index in [1.165, 1.54) is 0 Å². The zero-order valence-corrected chi connectivity index (χ0v) is 9.14. The minimum absolute atomic E-state index is 0.00734. The van der Waals surface area contributed by atoms with Crippen molar-refractivity contribution in [2.24, 2.45) is 0 Å². The van der Waals surface area contributed by atoms with Gasteiger partial charge in [-0.1, -0.05) is 25.1 Å². The van der Waals surface area contributed by atoms with E-state index in [4.69, 9.17) is 10.00 Å². The minimum atomic E-state index is 0.00734. The van der Waals surface area contributed by atoms with Crippen LogP contribution >= 0.6 is 0 Å². The van der Waals surface area contributed by atoms with Crippen molar-refractivity contribution in [2.45, 2.75) is 13.3 Å². The summed E-state index contributed by atoms with van der Waals surface area (Å²) in [5.74, 6) is 0.622. The van der Waals surface area contributed by atoms with Crippen LogP contribution in [0, 0.1) is 11.3 Å². The first kappa shape index (κ1) is 12.0. The van der Waals surface area contributed by atoms with Gasteiger partial charge in [-0.2, -0.15) is 5.26 Å². The molecule has 0 radical (unpaired) electrons. The third-order valence-corrected chi connectivity index (χ3v) is 2.11. The Morgan fingerprint density at radius 1 is 1.50 bits per heavy atom. The van der Waals surface area contributed by atoms with Gasteiger partial charge >= 0.3 is 0 Å². The monoisotopic (exact) mass is 215 g/mol. The first-order chi connectivity index (χ1) is 7.81. The molecule has 16 heavy (non-hydrogen) atoms. The molecule has 0 saturated heterocycles. The van der Waals surface area contributed by atoms with Crippen LogP contribution in [0.1, 0.15) is 18.9 Å². The van der Waals surface area contributed by atoms with Crippen LogP contribution in [0.3, 0.4) is 0 Å². The molecular formula is C13H13NO2.